The smallest absolute Gasteiger partial charge is 0.317 e. The van der Waals surface area contributed by atoms with Crippen molar-refractivity contribution in [2.45, 2.75) is 6.42 Å². The average molecular weight is 302 g/mol. The van der Waals surface area contributed by atoms with Gasteiger partial charge in [0.15, 0.2) is 17.7 Å². The van der Waals surface area contributed by atoms with Gasteiger partial charge in [-0.15, -0.1) is 0 Å². The van der Waals surface area contributed by atoms with Crippen molar-refractivity contribution in [1.29, 1.82) is 0 Å². The number of amides is 1. The van der Waals surface area contributed by atoms with Crippen LogP contribution in [-0.2, 0) is 6.42 Å². The molecular weight excluding hydrogens is 284 g/mol. The molecule has 0 bridgehead atoms. The highest BCUT2D eigenvalue weighted by atomic mass is 16.5. The molecule has 2 aromatic rings. The van der Waals surface area contributed by atoms with Gasteiger partial charge in [-0.1, -0.05) is 6.07 Å². The summed E-state index contributed by atoms with van der Waals surface area (Å²) >= 11 is 0. The summed E-state index contributed by atoms with van der Waals surface area (Å²) in [6.45, 7) is 0.420. The maximum absolute atomic E-state index is 11.9. The first-order valence-corrected chi connectivity index (χ1v) is 6.83. The lowest BCUT2D eigenvalue weighted by molar-refractivity contribution is -0.607. The summed E-state index contributed by atoms with van der Waals surface area (Å²) in [5.41, 5.74) is 1.08. The number of hydrogen-bond acceptors (Lipinski definition) is 4. The summed E-state index contributed by atoms with van der Waals surface area (Å²) in [4.78, 5) is 11.9. The Bertz CT molecular complexity index is 658. The molecule has 1 heterocycles. The molecule has 0 aliphatic rings. The fourth-order valence-electron chi connectivity index (χ4n) is 2.05. The molecule has 116 valence electrons. The normalized spacial score (nSPS) is 10.1. The molecule has 1 aromatic carbocycles. The maximum atomic E-state index is 11.9. The number of carbonyl (C=O) groups excluding carboxylic acids is 1. The molecule has 1 aromatic heterocycles. The minimum atomic E-state index is -0.393. The van der Waals surface area contributed by atoms with Crippen molar-refractivity contribution in [3.63, 3.8) is 0 Å². The molecule has 1 amide bonds. The van der Waals surface area contributed by atoms with Gasteiger partial charge in [0, 0.05) is 18.7 Å². The summed E-state index contributed by atoms with van der Waals surface area (Å²) in [7, 11) is 3.15. The molecule has 6 heteroatoms. The Kier molecular flexibility index (Phi) is 5.19. The molecule has 2 rings (SSSR count). The number of ether oxygens (including phenoxy) is 2. The van der Waals surface area contributed by atoms with E-state index in [4.69, 9.17) is 9.47 Å². The van der Waals surface area contributed by atoms with Gasteiger partial charge in [0.2, 0.25) is 0 Å². The molecular formula is C16H18N2O4. The second kappa shape index (κ2) is 7.31. The fourth-order valence-corrected chi connectivity index (χ4v) is 2.05. The van der Waals surface area contributed by atoms with E-state index in [1.807, 2.05) is 18.2 Å². The van der Waals surface area contributed by atoms with Crippen LogP contribution in [0.15, 0.2) is 42.6 Å². The van der Waals surface area contributed by atoms with E-state index in [9.17, 15) is 10.0 Å². The van der Waals surface area contributed by atoms with Crippen molar-refractivity contribution in [1.82, 2.24) is 5.32 Å². The molecule has 0 atom stereocenters. The van der Waals surface area contributed by atoms with Crippen LogP contribution >= 0.6 is 0 Å². The van der Waals surface area contributed by atoms with E-state index >= 15 is 0 Å². The van der Waals surface area contributed by atoms with Crippen molar-refractivity contribution in [3.8, 4) is 11.5 Å². The van der Waals surface area contributed by atoms with Gasteiger partial charge in [-0.25, -0.2) is 0 Å². The number of aromatic nitrogens is 1. The molecule has 0 saturated carbocycles. The van der Waals surface area contributed by atoms with E-state index in [1.165, 1.54) is 12.3 Å². The summed E-state index contributed by atoms with van der Waals surface area (Å²) in [5, 5.41) is 14.2. The number of rotatable bonds is 6. The van der Waals surface area contributed by atoms with E-state index in [0.29, 0.717) is 29.2 Å². The zero-order chi connectivity index (χ0) is 15.9. The number of benzene rings is 1. The highest BCUT2D eigenvalue weighted by Gasteiger charge is 2.14. The van der Waals surface area contributed by atoms with E-state index in [-0.39, 0.29) is 5.69 Å². The first-order valence-electron chi connectivity index (χ1n) is 6.83. The lowest BCUT2D eigenvalue weighted by atomic mass is 10.1. The van der Waals surface area contributed by atoms with Crippen LogP contribution in [0.2, 0.25) is 0 Å². The lowest BCUT2D eigenvalue weighted by Gasteiger charge is -2.10. The van der Waals surface area contributed by atoms with Crippen molar-refractivity contribution in [3.05, 3.63) is 59.1 Å². The predicted octanol–water partition coefficient (Wildman–Crippen LogP) is 1.31. The van der Waals surface area contributed by atoms with Gasteiger partial charge in [-0.2, -0.15) is 4.73 Å². The predicted molar refractivity (Wildman–Crippen MR) is 81.0 cm³/mol. The van der Waals surface area contributed by atoms with Crippen LogP contribution in [0.5, 0.6) is 11.5 Å². The molecule has 0 spiro atoms. The maximum Gasteiger partial charge on any atom is 0.317 e. The van der Waals surface area contributed by atoms with Gasteiger partial charge in [-0.05, 0) is 30.2 Å². The SMILES string of the molecule is COc1ccc(CCNC(=O)c2cccc[n+]2[O-])cc1OC. The van der Waals surface area contributed by atoms with Crippen molar-refractivity contribution in [2.24, 2.45) is 0 Å². The third-order valence-corrected chi connectivity index (χ3v) is 3.20. The third-order valence-electron chi connectivity index (χ3n) is 3.20. The van der Waals surface area contributed by atoms with Crippen LogP contribution in [0.25, 0.3) is 0 Å². The Hall–Kier alpha value is -2.76. The topological polar surface area (TPSA) is 74.5 Å². The number of methoxy groups -OCH3 is 2. The second-order valence-corrected chi connectivity index (χ2v) is 4.61. The third kappa shape index (κ3) is 3.66. The molecule has 22 heavy (non-hydrogen) atoms. The summed E-state index contributed by atoms with van der Waals surface area (Å²) in [5.74, 6) is 0.912. The Morgan fingerprint density at radius 3 is 2.64 bits per heavy atom. The summed E-state index contributed by atoms with van der Waals surface area (Å²) in [6, 6.07) is 10.3. The summed E-state index contributed by atoms with van der Waals surface area (Å²) in [6.07, 6.45) is 1.92. The fraction of sp³-hybridized carbons (Fsp3) is 0.250. The second-order valence-electron chi connectivity index (χ2n) is 4.61. The summed E-state index contributed by atoms with van der Waals surface area (Å²) < 4.78 is 11.0. The Morgan fingerprint density at radius 2 is 1.95 bits per heavy atom. The largest absolute Gasteiger partial charge is 0.618 e. The highest BCUT2D eigenvalue weighted by Crippen LogP contribution is 2.27. The molecule has 0 radical (unpaired) electrons. The first kappa shape index (κ1) is 15.6. The van der Waals surface area contributed by atoms with Gasteiger partial charge in [0.05, 0.1) is 14.2 Å². The van der Waals surface area contributed by atoms with Crippen molar-refractivity contribution in [2.75, 3.05) is 20.8 Å². The Balaban J connectivity index is 1.94. The Labute approximate surface area is 128 Å². The van der Waals surface area contributed by atoms with Gasteiger partial charge in [0.1, 0.15) is 0 Å². The van der Waals surface area contributed by atoms with Crippen LogP contribution in [0, 0.1) is 5.21 Å². The van der Waals surface area contributed by atoms with Gasteiger partial charge < -0.3 is 20.0 Å². The van der Waals surface area contributed by atoms with Crippen LogP contribution in [0.1, 0.15) is 16.1 Å². The van der Waals surface area contributed by atoms with Crippen LogP contribution < -0.4 is 19.5 Å². The monoisotopic (exact) mass is 302 g/mol. The van der Waals surface area contributed by atoms with Gasteiger partial charge in [0.25, 0.3) is 5.69 Å². The van der Waals surface area contributed by atoms with Crippen LogP contribution in [0.4, 0.5) is 0 Å². The number of nitrogens with zero attached hydrogens (tertiary/aromatic N) is 1. The zero-order valence-electron chi connectivity index (χ0n) is 12.5. The minimum Gasteiger partial charge on any atom is -0.618 e. The van der Waals surface area contributed by atoms with Gasteiger partial charge >= 0.3 is 5.91 Å². The molecule has 0 aliphatic carbocycles. The average Bonchev–Trinajstić information content (AvgIpc) is 2.55. The minimum absolute atomic E-state index is 0.0785. The van der Waals surface area contributed by atoms with Gasteiger partial charge in [-0.3, -0.25) is 4.79 Å². The molecule has 0 unspecified atom stereocenters. The van der Waals surface area contributed by atoms with Crippen LogP contribution in [0.3, 0.4) is 0 Å². The highest BCUT2D eigenvalue weighted by molar-refractivity contribution is 5.90. The number of hydrogen-bond donors (Lipinski definition) is 1. The number of nitrogens with one attached hydrogen (secondary N) is 1. The number of pyridine rings is 1. The van der Waals surface area contributed by atoms with Crippen LogP contribution in [-0.4, -0.2) is 26.7 Å². The van der Waals surface area contributed by atoms with Crippen molar-refractivity contribution >= 4 is 5.91 Å². The molecule has 0 saturated heterocycles. The quantitative estimate of drug-likeness (QED) is 0.645. The zero-order valence-corrected chi connectivity index (χ0v) is 12.5. The molecule has 0 fully saturated rings. The number of carbonyl (C=O) groups is 1. The van der Waals surface area contributed by atoms with Crippen molar-refractivity contribution < 1.29 is 19.0 Å². The molecule has 6 nitrogen and oxygen atoms in total. The first-order chi connectivity index (χ1) is 10.7. The van der Waals surface area contributed by atoms with E-state index in [1.54, 1.807) is 26.4 Å². The van der Waals surface area contributed by atoms with E-state index < -0.39 is 5.91 Å². The van der Waals surface area contributed by atoms with E-state index in [2.05, 4.69) is 5.32 Å². The lowest BCUT2D eigenvalue weighted by Crippen LogP contribution is -2.39. The molecule has 1 N–H and O–H groups in total. The Morgan fingerprint density at radius 1 is 1.18 bits per heavy atom. The standard InChI is InChI=1S/C16H18N2O4/c1-21-14-7-6-12(11-15(14)22-2)8-9-17-16(19)13-5-3-4-10-18(13)20/h3-7,10-11H,8-9H2,1-2H3,(H,17,19). The van der Waals surface area contributed by atoms with E-state index in [0.717, 1.165) is 5.56 Å². The molecule has 0 aliphatic heterocycles.